The topological polar surface area (TPSA) is 18.5 Å². The second kappa shape index (κ2) is 11.9. The van der Waals surface area contributed by atoms with E-state index in [1.807, 2.05) is 11.8 Å². The lowest BCUT2D eigenvalue weighted by atomic mass is 10.1. The van der Waals surface area contributed by atoms with Crippen molar-refractivity contribution in [2.75, 3.05) is 31.1 Å². The van der Waals surface area contributed by atoms with Crippen molar-refractivity contribution >= 4 is 52.8 Å². The summed E-state index contributed by atoms with van der Waals surface area (Å²) < 4.78 is 0. The molecule has 0 saturated heterocycles. The van der Waals surface area contributed by atoms with E-state index in [0.717, 1.165) is 43.2 Å². The Kier molecular flexibility index (Phi) is 9.95. The van der Waals surface area contributed by atoms with Crippen LogP contribution in [0.15, 0.2) is 52.3 Å². The second-order valence-electron chi connectivity index (χ2n) is 7.57. The molecule has 0 amide bonds. The Morgan fingerprint density at radius 1 is 1.07 bits per heavy atom. The zero-order chi connectivity index (χ0) is 20.8. The summed E-state index contributed by atoms with van der Waals surface area (Å²) in [5, 5.41) is 3.42. The molecule has 1 aliphatic heterocycles. The Labute approximate surface area is 198 Å². The van der Waals surface area contributed by atoms with Gasteiger partial charge in [0.25, 0.3) is 0 Å². The van der Waals surface area contributed by atoms with E-state index >= 15 is 0 Å². The van der Waals surface area contributed by atoms with Gasteiger partial charge in [-0.1, -0.05) is 69.4 Å². The molecule has 3 nitrogen and oxygen atoms in total. The maximum Gasteiger partial charge on any atom is 0.106 e. The number of likely N-dealkylation sites (N-methyl/N-ethyl adjacent to an activating group) is 1. The molecular formula is C24H34ClN3S2. The van der Waals surface area contributed by atoms with Gasteiger partial charge in [-0.25, -0.2) is 0 Å². The summed E-state index contributed by atoms with van der Waals surface area (Å²) in [5.74, 6) is 0. The molecule has 30 heavy (non-hydrogen) atoms. The van der Waals surface area contributed by atoms with E-state index in [1.54, 1.807) is 0 Å². The molecule has 0 saturated carbocycles. The molecule has 0 fully saturated rings. The molecule has 2 aromatic carbocycles. The molecule has 2 aromatic rings. The molecule has 0 spiro atoms. The number of para-hydroxylation sites is 1. The summed E-state index contributed by atoms with van der Waals surface area (Å²) in [6.07, 6.45) is 2.31. The standard InChI is InChI=1S/C24H33N3S2.ClH/c1-5-8-15-25-24(28)19-13-14-23-21(16-19)27(18(4)17-26(6-2)7-3)20-11-9-10-12-22(20)29-23;/h9-14,16,18H,5-8,15,17H2,1-4H3,(H,25,28);1H. The summed E-state index contributed by atoms with van der Waals surface area (Å²) >= 11 is 7.54. The van der Waals surface area contributed by atoms with Crippen LogP contribution in [0, 0.1) is 0 Å². The van der Waals surface area contributed by atoms with E-state index in [1.165, 1.54) is 27.6 Å². The Hall–Kier alpha value is -1.27. The minimum atomic E-state index is 0. The number of benzene rings is 2. The number of halogens is 1. The van der Waals surface area contributed by atoms with Crippen LogP contribution in [-0.4, -0.2) is 42.1 Å². The van der Waals surface area contributed by atoms with Crippen LogP contribution in [0.4, 0.5) is 11.4 Å². The minimum absolute atomic E-state index is 0. The van der Waals surface area contributed by atoms with E-state index in [0.29, 0.717) is 6.04 Å². The van der Waals surface area contributed by atoms with Crippen molar-refractivity contribution in [2.45, 2.75) is 56.4 Å². The fourth-order valence-electron chi connectivity index (χ4n) is 3.82. The van der Waals surface area contributed by atoms with Crippen molar-refractivity contribution in [2.24, 2.45) is 0 Å². The van der Waals surface area contributed by atoms with Gasteiger partial charge in [-0.05, 0) is 50.7 Å². The number of thiocarbonyl (C=S) groups is 1. The zero-order valence-electron chi connectivity index (χ0n) is 18.5. The van der Waals surface area contributed by atoms with Crippen molar-refractivity contribution in [1.82, 2.24) is 10.2 Å². The first-order valence-corrected chi connectivity index (χ1v) is 12.0. The minimum Gasteiger partial charge on any atom is -0.376 e. The third-order valence-corrected chi connectivity index (χ3v) is 7.01. The molecule has 1 N–H and O–H groups in total. The van der Waals surface area contributed by atoms with E-state index in [4.69, 9.17) is 12.2 Å². The highest BCUT2D eigenvalue weighted by molar-refractivity contribution is 7.99. The molecule has 1 unspecified atom stereocenters. The normalized spacial score (nSPS) is 13.3. The smallest absolute Gasteiger partial charge is 0.106 e. The van der Waals surface area contributed by atoms with Gasteiger partial charge >= 0.3 is 0 Å². The van der Waals surface area contributed by atoms with Crippen molar-refractivity contribution < 1.29 is 0 Å². The van der Waals surface area contributed by atoms with Crippen LogP contribution in [-0.2, 0) is 0 Å². The number of hydrogen-bond acceptors (Lipinski definition) is 4. The predicted octanol–water partition coefficient (Wildman–Crippen LogP) is 6.51. The summed E-state index contributed by atoms with van der Waals surface area (Å²) in [4.78, 5) is 8.48. The Morgan fingerprint density at radius 3 is 2.47 bits per heavy atom. The van der Waals surface area contributed by atoms with Crippen LogP contribution < -0.4 is 10.2 Å². The largest absolute Gasteiger partial charge is 0.376 e. The first-order valence-electron chi connectivity index (χ1n) is 10.8. The number of hydrogen-bond donors (Lipinski definition) is 1. The molecule has 3 rings (SSSR count). The summed E-state index contributed by atoms with van der Waals surface area (Å²) in [6.45, 7) is 13.1. The quantitative estimate of drug-likeness (QED) is 0.336. The third-order valence-electron chi connectivity index (χ3n) is 5.50. The SMILES string of the molecule is CCCCNC(=S)c1ccc2c(c1)N(C(C)CN(CC)CC)c1ccccc1S2.Cl. The van der Waals surface area contributed by atoms with Crippen LogP contribution in [0.3, 0.4) is 0 Å². The molecular weight excluding hydrogens is 430 g/mol. The molecule has 0 radical (unpaired) electrons. The van der Waals surface area contributed by atoms with Gasteiger partial charge in [0.1, 0.15) is 4.99 Å². The number of nitrogens with zero attached hydrogens (tertiary/aromatic N) is 2. The van der Waals surface area contributed by atoms with Crippen LogP contribution >= 0.6 is 36.4 Å². The molecule has 1 aliphatic rings. The molecule has 164 valence electrons. The maximum atomic E-state index is 5.68. The molecule has 6 heteroatoms. The van der Waals surface area contributed by atoms with Gasteiger partial charge in [0.15, 0.2) is 0 Å². The Bertz CT molecular complexity index is 839. The van der Waals surface area contributed by atoms with E-state index in [-0.39, 0.29) is 12.4 Å². The molecule has 0 aromatic heterocycles. The maximum absolute atomic E-state index is 5.68. The van der Waals surface area contributed by atoms with Crippen LogP contribution in [0.25, 0.3) is 0 Å². The lowest BCUT2D eigenvalue weighted by Gasteiger charge is -2.39. The van der Waals surface area contributed by atoms with Gasteiger partial charge in [0, 0.05) is 34.5 Å². The third kappa shape index (κ3) is 5.70. The summed E-state index contributed by atoms with van der Waals surface area (Å²) in [6, 6.07) is 15.8. The van der Waals surface area contributed by atoms with Crippen molar-refractivity contribution in [3.05, 3.63) is 48.0 Å². The Morgan fingerprint density at radius 2 is 1.77 bits per heavy atom. The highest BCUT2D eigenvalue weighted by Gasteiger charge is 2.28. The zero-order valence-corrected chi connectivity index (χ0v) is 20.9. The van der Waals surface area contributed by atoms with Gasteiger partial charge in [0.05, 0.1) is 11.4 Å². The molecule has 1 heterocycles. The Balaban J connectivity index is 0.00000320. The van der Waals surface area contributed by atoms with Crippen molar-refractivity contribution in [1.29, 1.82) is 0 Å². The number of nitrogens with one attached hydrogen (secondary N) is 1. The number of rotatable bonds is 9. The van der Waals surface area contributed by atoms with Gasteiger partial charge < -0.3 is 15.1 Å². The number of unbranched alkanes of at least 4 members (excludes halogenated alkanes) is 1. The van der Waals surface area contributed by atoms with E-state index < -0.39 is 0 Å². The van der Waals surface area contributed by atoms with Crippen LogP contribution in [0.5, 0.6) is 0 Å². The second-order valence-corrected chi connectivity index (χ2v) is 9.06. The molecule has 0 aliphatic carbocycles. The van der Waals surface area contributed by atoms with Gasteiger partial charge in [-0.2, -0.15) is 0 Å². The van der Waals surface area contributed by atoms with Crippen molar-refractivity contribution in [3.63, 3.8) is 0 Å². The van der Waals surface area contributed by atoms with Gasteiger partial charge in [0.2, 0.25) is 0 Å². The average Bonchev–Trinajstić information content (AvgIpc) is 2.75. The molecule has 1 atom stereocenters. The summed E-state index contributed by atoms with van der Waals surface area (Å²) in [5.41, 5.74) is 3.67. The number of fused-ring (bicyclic) bond motifs is 2. The predicted molar refractivity (Wildman–Crippen MR) is 138 cm³/mol. The van der Waals surface area contributed by atoms with Crippen molar-refractivity contribution in [3.8, 4) is 0 Å². The van der Waals surface area contributed by atoms with E-state index in [9.17, 15) is 0 Å². The highest BCUT2D eigenvalue weighted by Crippen LogP contribution is 2.49. The fraction of sp³-hybridized carbons (Fsp3) is 0.458. The summed E-state index contributed by atoms with van der Waals surface area (Å²) in [7, 11) is 0. The fourth-order valence-corrected chi connectivity index (χ4v) is 5.10. The first-order chi connectivity index (χ1) is 14.1. The van der Waals surface area contributed by atoms with E-state index in [2.05, 4.69) is 85.3 Å². The highest BCUT2D eigenvalue weighted by atomic mass is 35.5. The van der Waals surface area contributed by atoms with Crippen LogP contribution in [0.1, 0.15) is 46.1 Å². The van der Waals surface area contributed by atoms with Crippen LogP contribution in [0.2, 0.25) is 0 Å². The first kappa shape index (κ1) is 25.0. The van der Waals surface area contributed by atoms with Gasteiger partial charge in [-0.15, -0.1) is 12.4 Å². The monoisotopic (exact) mass is 463 g/mol. The number of anilines is 2. The lowest BCUT2D eigenvalue weighted by Crippen LogP contribution is -2.41. The molecule has 0 bridgehead atoms. The lowest BCUT2D eigenvalue weighted by molar-refractivity contribution is 0.288. The van der Waals surface area contributed by atoms with Gasteiger partial charge in [-0.3, -0.25) is 0 Å². The average molecular weight is 464 g/mol.